The van der Waals surface area contributed by atoms with Gasteiger partial charge in [-0.05, 0) is 37.6 Å². The van der Waals surface area contributed by atoms with Gasteiger partial charge in [0.05, 0.1) is 6.42 Å². The van der Waals surface area contributed by atoms with Gasteiger partial charge in [0.25, 0.3) is 0 Å². The van der Waals surface area contributed by atoms with E-state index >= 15 is 0 Å². The van der Waals surface area contributed by atoms with Crippen molar-refractivity contribution in [2.75, 3.05) is 20.1 Å². The number of carbonyl (C=O) groups is 1. The van der Waals surface area contributed by atoms with Crippen LogP contribution in [0.3, 0.4) is 0 Å². The summed E-state index contributed by atoms with van der Waals surface area (Å²) in [4.78, 5) is 14.2. The van der Waals surface area contributed by atoms with Crippen LogP contribution >= 0.6 is 15.9 Å². The molecular weight excluding hydrogens is 292 g/mol. The van der Waals surface area contributed by atoms with E-state index in [0.29, 0.717) is 12.5 Å². The SMILES string of the molecule is CN(C(=O)Cc1ccccc1Br)C1CCNCC1. The minimum atomic E-state index is 0.203. The quantitative estimate of drug-likeness (QED) is 0.928. The zero-order chi connectivity index (χ0) is 13.0. The van der Waals surface area contributed by atoms with E-state index in [1.54, 1.807) is 0 Å². The fraction of sp³-hybridized carbons (Fsp3) is 0.500. The molecule has 0 radical (unpaired) electrons. The number of hydrogen-bond donors (Lipinski definition) is 1. The number of hydrogen-bond acceptors (Lipinski definition) is 2. The average molecular weight is 311 g/mol. The highest BCUT2D eigenvalue weighted by atomic mass is 79.9. The number of benzene rings is 1. The molecule has 1 aromatic carbocycles. The molecular formula is C14H19BrN2O. The van der Waals surface area contributed by atoms with E-state index in [1.165, 1.54) is 0 Å². The Balaban J connectivity index is 1.97. The molecule has 0 atom stereocenters. The van der Waals surface area contributed by atoms with Gasteiger partial charge < -0.3 is 10.2 Å². The lowest BCUT2D eigenvalue weighted by Crippen LogP contribution is -2.44. The Hall–Kier alpha value is -0.870. The maximum absolute atomic E-state index is 12.2. The predicted molar refractivity (Wildman–Crippen MR) is 76.5 cm³/mol. The summed E-state index contributed by atoms with van der Waals surface area (Å²) in [5.74, 6) is 0.203. The number of likely N-dealkylation sites (N-methyl/N-ethyl adjacent to an activating group) is 1. The molecule has 1 aliphatic heterocycles. The topological polar surface area (TPSA) is 32.3 Å². The van der Waals surface area contributed by atoms with Gasteiger partial charge in [0.15, 0.2) is 0 Å². The van der Waals surface area contributed by atoms with E-state index < -0.39 is 0 Å². The normalized spacial score (nSPS) is 16.6. The van der Waals surface area contributed by atoms with Crippen LogP contribution in [0.5, 0.6) is 0 Å². The van der Waals surface area contributed by atoms with Crippen molar-refractivity contribution < 1.29 is 4.79 Å². The smallest absolute Gasteiger partial charge is 0.227 e. The minimum Gasteiger partial charge on any atom is -0.342 e. The number of piperidine rings is 1. The summed E-state index contributed by atoms with van der Waals surface area (Å²) in [6.45, 7) is 2.02. The molecule has 0 bridgehead atoms. The Bertz CT molecular complexity index is 416. The van der Waals surface area contributed by atoms with Crippen molar-refractivity contribution in [3.8, 4) is 0 Å². The first kappa shape index (κ1) is 13.6. The van der Waals surface area contributed by atoms with Crippen LogP contribution in [-0.4, -0.2) is 37.0 Å². The molecule has 3 nitrogen and oxygen atoms in total. The van der Waals surface area contributed by atoms with Crippen LogP contribution in [0.25, 0.3) is 0 Å². The first-order valence-corrected chi connectivity index (χ1v) is 7.17. The number of halogens is 1. The Morgan fingerprint density at radius 3 is 2.72 bits per heavy atom. The van der Waals surface area contributed by atoms with Gasteiger partial charge in [-0.1, -0.05) is 34.1 Å². The second kappa shape index (κ2) is 6.34. The zero-order valence-electron chi connectivity index (χ0n) is 10.7. The van der Waals surface area contributed by atoms with Crippen LogP contribution in [0.2, 0.25) is 0 Å². The van der Waals surface area contributed by atoms with Gasteiger partial charge in [-0.3, -0.25) is 4.79 Å². The van der Waals surface area contributed by atoms with Crippen LogP contribution in [0.4, 0.5) is 0 Å². The Kier molecular flexibility index (Phi) is 4.78. The maximum atomic E-state index is 12.2. The molecule has 0 aliphatic carbocycles. The van der Waals surface area contributed by atoms with Crippen LogP contribution in [0, 0.1) is 0 Å². The second-order valence-electron chi connectivity index (χ2n) is 4.75. The van der Waals surface area contributed by atoms with Crippen molar-refractivity contribution in [2.45, 2.75) is 25.3 Å². The highest BCUT2D eigenvalue weighted by Crippen LogP contribution is 2.18. The van der Waals surface area contributed by atoms with E-state index in [1.807, 2.05) is 36.2 Å². The van der Waals surface area contributed by atoms with E-state index in [0.717, 1.165) is 36.0 Å². The molecule has 0 spiro atoms. The average Bonchev–Trinajstić information content (AvgIpc) is 2.41. The lowest BCUT2D eigenvalue weighted by atomic mass is 10.0. The van der Waals surface area contributed by atoms with Gasteiger partial charge in [-0.2, -0.15) is 0 Å². The van der Waals surface area contributed by atoms with Gasteiger partial charge >= 0.3 is 0 Å². The highest BCUT2D eigenvalue weighted by Gasteiger charge is 2.22. The molecule has 1 aromatic rings. The van der Waals surface area contributed by atoms with Crippen LogP contribution < -0.4 is 5.32 Å². The van der Waals surface area contributed by atoms with Crippen LogP contribution in [0.1, 0.15) is 18.4 Å². The molecule has 98 valence electrons. The highest BCUT2D eigenvalue weighted by molar-refractivity contribution is 9.10. The number of rotatable bonds is 3. The molecule has 1 saturated heterocycles. The van der Waals surface area contributed by atoms with E-state index in [2.05, 4.69) is 21.2 Å². The first-order chi connectivity index (χ1) is 8.68. The van der Waals surface area contributed by atoms with Crippen molar-refractivity contribution in [2.24, 2.45) is 0 Å². The molecule has 1 aliphatic rings. The number of nitrogens with one attached hydrogen (secondary N) is 1. The van der Waals surface area contributed by atoms with Crippen molar-refractivity contribution in [1.29, 1.82) is 0 Å². The summed E-state index contributed by atoms with van der Waals surface area (Å²) in [7, 11) is 1.93. The summed E-state index contributed by atoms with van der Waals surface area (Å²) < 4.78 is 1.01. The molecule has 0 unspecified atom stereocenters. The summed E-state index contributed by atoms with van der Waals surface area (Å²) in [6, 6.07) is 8.30. The molecule has 2 rings (SSSR count). The zero-order valence-corrected chi connectivity index (χ0v) is 12.2. The van der Waals surface area contributed by atoms with Gasteiger partial charge in [-0.25, -0.2) is 0 Å². The van der Waals surface area contributed by atoms with Crippen molar-refractivity contribution >= 4 is 21.8 Å². The fourth-order valence-corrected chi connectivity index (χ4v) is 2.75. The van der Waals surface area contributed by atoms with Crippen molar-refractivity contribution in [3.63, 3.8) is 0 Å². The summed E-state index contributed by atoms with van der Waals surface area (Å²) in [5.41, 5.74) is 1.06. The molecule has 1 fully saturated rings. The van der Waals surface area contributed by atoms with E-state index in [-0.39, 0.29) is 5.91 Å². The molecule has 1 heterocycles. The first-order valence-electron chi connectivity index (χ1n) is 6.38. The lowest BCUT2D eigenvalue weighted by Gasteiger charge is -2.31. The largest absolute Gasteiger partial charge is 0.342 e. The van der Waals surface area contributed by atoms with Gasteiger partial charge in [0.1, 0.15) is 0 Å². The van der Waals surface area contributed by atoms with Gasteiger partial charge in [0, 0.05) is 17.6 Å². The fourth-order valence-electron chi connectivity index (χ4n) is 2.33. The maximum Gasteiger partial charge on any atom is 0.227 e. The standard InChI is InChI=1S/C14H19BrN2O/c1-17(12-6-8-16-9-7-12)14(18)10-11-4-2-3-5-13(11)15/h2-5,12,16H,6-10H2,1H3. The monoisotopic (exact) mass is 310 g/mol. The van der Waals surface area contributed by atoms with Gasteiger partial charge in [-0.15, -0.1) is 0 Å². The van der Waals surface area contributed by atoms with E-state index in [9.17, 15) is 4.79 Å². The molecule has 0 saturated carbocycles. The molecule has 1 amide bonds. The summed E-state index contributed by atoms with van der Waals surface area (Å²) in [5, 5.41) is 3.32. The van der Waals surface area contributed by atoms with Crippen LogP contribution in [0.15, 0.2) is 28.7 Å². The Morgan fingerprint density at radius 2 is 2.06 bits per heavy atom. The van der Waals surface area contributed by atoms with Crippen molar-refractivity contribution in [3.05, 3.63) is 34.3 Å². The third-order valence-corrected chi connectivity index (χ3v) is 4.32. The molecule has 0 aromatic heterocycles. The molecule has 4 heteroatoms. The second-order valence-corrected chi connectivity index (χ2v) is 5.61. The Morgan fingerprint density at radius 1 is 1.39 bits per heavy atom. The van der Waals surface area contributed by atoms with E-state index in [4.69, 9.17) is 0 Å². The third kappa shape index (κ3) is 3.33. The minimum absolute atomic E-state index is 0.203. The predicted octanol–water partition coefficient (Wildman–Crippen LogP) is 2.20. The summed E-state index contributed by atoms with van der Waals surface area (Å²) in [6.07, 6.45) is 2.58. The van der Waals surface area contributed by atoms with Gasteiger partial charge in [0.2, 0.25) is 5.91 Å². The molecule has 18 heavy (non-hydrogen) atoms. The lowest BCUT2D eigenvalue weighted by molar-refractivity contribution is -0.131. The van der Waals surface area contributed by atoms with Crippen LogP contribution in [-0.2, 0) is 11.2 Å². The molecule has 1 N–H and O–H groups in total. The third-order valence-electron chi connectivity index (χ3n) is 3.55. The number of carbonyl (C=O) groups excluding carboxylic acids is 1. The number of amides is 1. The Labute approximate surface area is 117 Å². The summed E-state index contributed by atoms with van der Waals surface area (Å²) >= 11 is 3.49. The van der Waals surface area contributed by atoms with Crippen molar-refractivity contribution in [1.82, 2.24) is 10.2 Å². The number of nitrogens with zero attached hydrogens (tertiary/aromatic N) is 1.